The molecule has 0 aromatic heterocycles. The van der Waals surface area contributed by atoms with Gasteiger partial charge in [-0.25, -0.2) is 4.72 Å². The highest BCUT2D eigenvalue weighted by molar-refractivity contribution is 7.85. The van der Waals surface area contributed by atoms with Crippen LogP contribution >= 0.6 is 0 Å². The van der Waals surface area contributed by atoms with Crippen LogP contribution in [0.25, 0.3) is 0 Å². The zero-order valence-electron chi connectivity index (χ0n) is 14.1. The first-order chi connectivity index (χ1) is 10.1. The summed E-state index contributed by atoms with van der Waals surface area (Å²) in [5, 5.41) is 0. The highest BCUT2D eigenvalue weighted by Gasteiger charge is 2.20. The molecule has 3 N–H and O–H groups in total. The standard InChI is InChI=1S/C11H25N.C4H5NO4S/c1-4-5-6-7-8-9-10-11(2,3)12;1-3-2-4(6)5-10(7,8)9-3/h4-10,12H2,1-3H3;2H,1H3,(H,5,6). The number of allylic oxidation sites excluding steroid dienone is 1. The number of hydrogen-bond acceptors (Lipinski definition) is 5. The van der Waals surface area contributed by atoms with Crippen molar-refractivity contribution in [1.82, 2.24) is 4.72 Å². The summed E-state index contributed by atoms with van der Waals surface area (Å²) in [6.45, 7) is 7.86. The fraction of sp³-hybridized carbons (Fsp3) is 0.800. The second-order valence-corrected chi connectivity index (χ2v) is 7.54. The van der Waals surface area contributed by atoms with E-state index in [0.717, 1.165) is 6.08 Å². The molecule has 1 aliphatic rings. The van der Waals surface area contributed by atoms with Crippen LogP contribution in [0.3, 0.4) is 0 Å². The van der Waals surface area contributed by atoms with Crippen LogP contribution in [0.4, 0.5) is 0 Å². The van der Waals surface area contributed by atoms with Crippen LogP contribution in [0.15, 0.2) is 11.8 Å². The summed E-state index contributed by atoms with van der Waals surface area (Å²) in [7, 11) is -3.85. The van der Waals surface area contributed by atoms with E-state index < -0.39 is 16.2 Å². The Kier molecular flexibility index (Phi) is 9.36. The normalized spacial score (nSPS) is 16.8. The number of unbranched alkanes of at least 4 members (excludes halogenated alkanes) is 5. The Morgan fingerprint density at radius 1 is 1.18 bits per heavy atom. The van der Waals surface area contributed by atoms with Gasteiger partial charge in [0.1, 0.15) is 5.76 Å². The van der Waals surface area contributed by atoms with E-state index in [-0.39, 0.29) is 11.3 Å². The summed E-state index contributed by atoms with van der Waals surface area (Å²) in [6, 6.07) is 0. The molecule has 0 bridgehead atoms. The average molecular weight is 334 g/mol. The van der Waals surface area contributed by atoms with Crippen LogP contribution in [-0.4, -0.2) is 19.9 Å². The van der Waals surface area contributed by atoms with Crippen molar-refractivity contribution in [2.75, 3.05) is 0 Å². The Bertz CT molecular complexity index is 464. The van der Waals surface area contributed by atoms with Gasteiger partial charge in [-0.1, -0.05) is 45.4 Å². The van der Waals surface area contributed by atoms with E-state index in [9.17, 15) is 13.2 Å². The molecule has 130 valence electrons. The number of carbonyl (C=O) groups is 1. The van der Waals surface area contributed by atoms with Crippen molar-refractivity contribution in [3.63, 3.8) is 0 Å². The lowest BCUT2D eigenvalue weighted by molar-refractivity contribution is -0.115. The zero-order chi connectivity index (χ0) is 17.2. The molecule has 6 nitrogen and oxygen atoms in total. The maximum absolute atomic E-state index is 10.5. The lowest BCUT2D eigenvalue weighted by Gasteiger charge is -2.17. The van der Waals surface area contributed by atoms with Crippen molar-refractivity contribution in [2.45, 2.75) is 78.2 Å². The van der Waals surface area contributed by atoms with E-state index >= 15 is 0 Å². The maximum atomic E-state index is 10.5. The third kappa shape index (κ3) is 12.6. The highest BCUT2D eigenvalue weighted by Crippen LogP contribution is 2.12. The predicted octanol–water partition coefficient (Wildman–Crippen LogP) is 2.76. The van der Waals surface area contributed by atoms with Gasteiger partial charge in [0.05, 0.1) is 0 Å². The molecule has 1 rings (SSSR count). The number of carbonyl (C=O) groups excluding carboxylic acids is 1. The van der Waals surface area contributed by atoms with E-state index in [4.69, 9.17) is 5.73 Å². The molecule has 0 spiro atoms. The van der Waals surface area contributed by atoms with Crippen LogP contribution in [-0.2, 0) is 19.3 Å². The van der Waals surface area contributed by atoms with Crippen LogP contribution in [0, 0.1) is 0 Å². The minimum absolute atomic E-state index is 0.0464. The van der Waals surface area contributed by atoms with E-state index in [1.54, 1.807) is 4.72 Å². The van der Waals surface area contributed by atoms with Gasteiger partial charge in [0.25, 0.3) is 5.91 Å². The van der Waals surface area contributed by atoms with Crippen LogP contribution in [0.2, 0.25) is 0 Å². The minimum Gasteiger partial charge on any atom is -0.371 e. The largest absolute Gasteiger partial charge is 0.409 e. The van der Waals surface area contributed by atoms with Gasteiger partial charge in [-0.3, -0.25) is 4.79 Å². The first kappa shape index (κ1) is 20.9. The van der Waals surface area contributed by atoms with Crippen molar-refractivity contribution < 1.29 is 17.4 Å². The molecule has 0 aromatic carbocycles. The van der Waals surface area contributed by atoms with Crippen LogP contribution in [0.5, 0.6) is 0 Å². The number of rotatable bonds is 7. The van der Waals surface area contributed by atoms with Gasteiger partial charge in [0.2, 0.25) is 0 Å². The van der Waals surface area contributed by atoms with E-state index in [2.05, 4.69) is 25.0 Å². The van der Waals surface area contributed by atoms with Crippen LogP contribution in [0.1, 0.15) is 72.6 Å². The van der Waals surface area contributed by atoms with Gasteiger partial charge < -0.3 is 9.92 Å². The summed E-state index contributed by atoms with van der Waals surface area (Å²) in [5.74, 6) is -0.604. The molecule has 1 amide bonds. The zero-order valence-corrected chi connectivity index (χ0v) is 15.0. The van der Waals surface area contributed by atoms with Crippen molar-refractivity contribution >= 4 is 16.2 Å². The molecule has 1 heterocycles. The molecule has 7 heteroatoms. The SMILES string of the molecule is CC1=CC(=O)NS(=O)(=O)O1.CCCCCCCCC(C)(C)N. The first-order valence-corrected chi connectivity index (χ1v) is 9.20. The molecule has 22 heavy (non-hydrogen) atoms. The van der Waals surface area contributed by atoms with Gasteiger partial charge in [0.15, 0.2) is 0 Å². The van der Waals surface area contributed by atoms with E-state index in [0.29, 0.717) is 0 Å². The molecule has 1 aliphatic heterocycles. The Morgan fingerprint density at radius 3 is 2.18 bits per heavy atom. The van der Waals surface area contributed by atoms with Crippen LogP contribution < -0.4 is 10.5 Å². The fourth-order valence-electron chi connectivity index (χ4n) is 1.92. The molecule has 0 radical (unpaired) electrons. The smallest absolute Gasteiger partial charge is 0.371 e. The van der Waals surface area contributed by atoms with Crippen molar-refractivity contribution in [3.8, 4) is 0 Å². The van der Waals surface area contributed by atoms with E-state index in [1.807, 2.05) is 0 Å². The number of nitrogens with two attached hydrogens (primary N) is 1. The van der Waals surface area contributed by atoms with Crippen molar-refractivity contribution in [3.05, 3.63) is 11.8 Å². The summed E-state index contributed by atoms with van der Waals surface area (Å²) >= 11 is 0. The van der Waals surface area contributed by atoms with Crippen molar-refractivity contribution in [1.29, 1.82) is 0 Å². The van der Waals surface area contributed by atoms with Gasteiger partial charge in [-0.15, -0.1) is 0 Å². The second-order valence-electron chi connectivity index (χ2n) is 6.27. The lowest BCUT2D eigenvalue weighted by atomic mass is 9.97. The molecule has 0 unspecified atom stereocenters. The number of nitrogens with one attached hydrogen (secondary N) is 1. The molecule has 0 saturated heterocycles. The summed E-state index contributed by atoms with van der Waals surface area (Å²) in [6.07, 6.45) is 10.4. The summed E-state index contributed by atoms with van der Waals surface area (Å²) in [5.41, 5.74) is 5.92. The second kappa shape index (κ2) is 9.84. The molecule has 0 aromatic rings. The van der Waals surface area contributed by atoms with Crippen molar-refractivity contribution in [2.24, 2.45) is 5.73 Å². The van der Waals surface area contributed by atoms with Gasteiger partial charge in [0, 0.05) is 11.6 Å². The quantitative estimate of drug-likeness (QED) is 0.698. The minimum atomic E-state index is -3.85. The maximum Gasteiger partial charge on any atom is 0.409 e. The number of amides is 1. The Morgan fingerprint density at radius 2 is 1.73 bits per heavy atom. The predicted molar refractivity (Wildman–Crippen MR) is 88.2 cm³/mol. The summed E-state index contributed by atoms with van der Waals surface area (Å²) in [4.78, 5) is 10.4. The Balaban J connectivity index is 0.000000406. The lowest BCUT2D eigenvalue weighted by Crippen LogP contribution is -2.34. The van der Waals surface area contributed by atoms with E-state index in [1.165, 1.54) is 51.9 Å². The fourth-order valence-corrected chi connectivity index (χ4v) is 2.66. The molecular formula is C15H30N2O4S. The molecule has 0 atom stereocenters. The number of hydrogen-bond donors (Lipinski definition) is 2. The molecule has 0 aliphatic carbocycles. The molecular weight excluding hydrogens is 304 g/mol. The van der Waals surface area contributed by atoms with Gasteiger partial charge in [-0.05, 0) is 27.2 Å². The Hall–Kier alpha value is -1.08. The average Bonchev–Trinajstić information content (AvgIpc) is 2.30. The molecule has 0 fully saturated rings. The molecule has 0 saturated carbocycles. The third-order valence-electron chi connectivity index (χ3n) is 2.98. The monoisotopic (exact) mass is 334 g/mol. The Labute approximate surface area is 134 Å². The highest BCUT2D eigenvalue weighted by atomic mass is 32.2. The topological polar surface area (TPSA) is 98.5 Å². The van der Waals surface area contributed by atoms with Gasteiger partial charge >= 0.3 is 10.3 Å². The van der Waals surface area contributed by atoms with Gasteiger partial charge in [-0.2, -0.15) is 8.42 Å². The summed E-state index contributed by atoms with van der Waals surface area (Å²) < 4.78 is 26.8. The first-order valence-electron chi connectivity index (χ1n) is 7.79. The third-order valence-corrected chi connectivity index (χ3v) is 3.91.